The van der Waals surface area contributed by atoms with Crippen molar-refractivity contribution in [1.82, 2.24) is 14.5 Å². The number of carboxylic acids is 1. The van der Waals surface area contributed by atoms with Crippen LogP contribution in [0.3, 0.4) is 0 Å². The van der Waals surface area contributed by atoms with E-state index in [1.807, 2.05) is 0 Å². The molecule has 1 aromatic rings. The van der Waals surface area contributed by atoms with Crippen LogP contribution in [0, 0.1) is 12.8 Å². The molecule has 0 aliphatic carbocycles. The number of H-pyrrole nitrogens is 1. The first-order valence-electron chi connectivity index (χ1n) is 6.15. The molecule has 1 aromatic heterocycles. The van der Waals surface area contributed by atoms with Gasteiger partial charge in [-0.15, -0.1) is 0 Å². The van der Waals surface area contributed by atoms with Gasteiger partial charge in [0.1, 0.15) is 5.56 Å². The Hall–Kier alpha value is -1.45. The lowest BCUT2D eigenvalue weighted by atomic mass is 10.1. The molecule has 1 atom stereocenters. The minimum atomic E-state index is -3.89. The summed E-state index contributed by atoms with van der Waals surface area (Å²) in [6.07, 6.45) is 0.693. The highest BCUT2D eigenvalue weighted by Gasteiger charge is 2.37. The van der Waals surface area contributed by atoms with E-state index in [2.05, 4.69) is 10.2 Å². The summed E-state index contributed by atoms with van der Waals surface area (Å²) in [7, 11) is -2.32. The normalized spacial score (nSPS) is 20.4. The van der Waals surface area contributed by atoms with Gasteiger partial charge in [-0.1, -0.05) is 0 Å². The number of aromatic nitrogens is 2. The molecule has 2 N–H and O–H groups in total. The predicted octanol–water partition coefficient (Wildman–Crippen LogP) is 0.0733. The highest BCUT2D eigenvalue weighted by Crippen LogP contribution is 2.26. The summed E-state index contributed by atoms with van der Waals surface area (Å²) in [5, 5.41) is 14.8. The van der Waals surface area contributed by atoms with Crippen molar-refractivity contribution in [3.05, 3.63) is 11.3 Å². The van der Waals surface area contributed by atoms with Crippen LogP contribution in [0.25, 0.3) is 0 Å². The second-order valence-electron chi connectivity index (χ2n) is 4.81. The molecule has 0 aromatic carbocycles. The van der Waals surface area contributed by atoms with Gasteiger partial charge in [-0.3, -0.25) is 5.10 Å². The molecule has 0 saturated carbocycles. The summed E-state index contributed by atoms with van der Waals surface area (Å²) in [5.41, 5.74) is -0.0658. The number of aryl methyl sites for hydroxylation is 1. The Labute approximate surface area is 116 Å². The van der Waals surface area contributed by atoms with E-state index in [0.29, 0.717) is 26.1 Å². The number of carboxylic acid groups (broad SMARTS) is 1. The fourth-order valence-electron chi connectivity index (χ4n) is 2.35. The Kier molecular flexibility index (Phi) is 4.11. The van der Waals surface area contributed by atoms with Gasteiger partial charge in [0, 0.05) is 25.9 Å². The van der Waals surface area contributed by atoms with Crippen LogP contribution in [0.1, 0.15) is 22.5 Å². The third-order valence-corrected chi connectivity index (χ3v) is 5.16. The van der Waals surface area contributed by atoms with E-state index in [0.717, 1.165) is 0 Å². The smallest absolute Gasteiger partial charge is 0.340 e. The average Bonchev–Trinajstić information content (AvgIpc) is 2.96. The molecule has 0 radical (unpaired) electrons. The number of nitrogens with zero attached hydrogens (tertiary/aromatic N) is 2. The Morgan fingerprint density at radius 1 is 1.60 bits per heavy atom. The number of hydrogen-bond acceptors (Lipinski definition) is 5. The van der Waals surface area contributed by atoms with Crippen molar-refractivity contribution in [2.24, 2.45) is 5.92 Å². The molecule has 2 rings (SSSR count). The van der Waals surface area contributed by atoms with Crippen LogP contribution in [0.5, 0.6) is 0 Å². The Morgan fingerprint density at radius 2 is 2.30 bits per heavy atom. The van der Waals surface area contributed by atoms with E-state index >= 15 is 0 Å². The molecule has 8 nitrogen and oxygen atoms in total. The molecular weight excluding hydrogens is 286 g/mol. The molecule has 1 aliphatic rings. The van der Waals surface area contributed by atoms with Gasteiger partial charge in [0.25, 0.3) is 10.0 Å². The second-order valence-corrected chi connectivity index (χ2v) is 6.66. The Morgan fingerprint density at radius 3 is 2.90 bits per heavy atom. The summed E-state index contributed by atoms with van der Waals surface area (Å²) in [5.74, 6) is -1.18. The number of rotatable bonds is 5. The lowest BCUT2D eigenvalue weighted by Crippen LogP contribution is -2.30. The summed E-state index contributed by atoms with van der Waals surface area (Å²) < 4.78 is 31.2. The average molecular weight is 303 g/mol. The molecule has 9 heteroatoms. The minimum absolute atomic E-state index is 0.128. The van der Waals surface area contributed by atoms with Crippen molar-refractivity contribution in [3.8, 4) is 0 Å². The Balaban J connectivity index is 2.30. The SMILES string of the molecule is COCC1CCN(S(=O)(=O)c2n[nH]c(C)c2C(=O)O)C1. The van der Waals surface area contributed by atoms with Crippen LogP contribution >= 0.6 is 0 Å². The van der Waals surface area contributed by atoms with Gasteiger partial charge < -0.3 is 9.84 Å². The maximum absolute atomic E-state index is 12.5. The lowest BCUT2D eigenvalue weighted by Gasteiger charge is -2.15. The molecule has 0 bridgehead atoms. The number of aromatic amines is 1. The number of carbonyl (C=O) groups is 1. The molecule has 20 heavy (non-hydrogen) atoms. The van der Waals surface area contributed by atoms with Crippen LogP contribution in [-0.2, 0) is 14.8 Å². The maximum Gasteiger partial charge on any atom is 0.340 e. The van der Waals surface area contributed by atoms with E-state index in [4.69, 9.17) is 9.84 Å². The summed E-state index contributed by atoms with van der Waals surface area (Å²) in [6.45, 7) is 2.63. The van der Waals surface area contributed by atoms with Crippen molar-refractivity contribution in [2.75, 3.05) is 26.8 Å². The van der Waals surface area contributed by atoms with Crippen molar-refractivity contribution in [3.63, 3.8) is 0 Å². The fourth-order valence-corrected chi connectivity index (χ4v) is 4.01. The Bertz CT molecular complexity index is 610. The van der Waals surface area contributed by atoms with Gasteiger partial charge >= 0.3 is 5.97 Å². The molecule has 112 valence electrons. The molecular formula is C11H17N3O5S. The topological polar surface area (TPSA) is 113 Å². The van der Waals surface area contributed by atoms with Crippen LogP contribution in [0.2, 0.25) is 0 Å². The molecule has 1 unspecified atom stereocenters. The fraction of sp³-hybridized carbons (Fsp3) is 0.636. The highest BCUT2D eigenvalue weighted by molar-refractivity contribution is 7.89. The lowest BCUT2D eigenvalue weighted by molar-refractivity contribution is 0.0691. The van der Waals surface area contributed by atoms with Gasteiger partial charge in [-0.25, -0.2) is 13.2 Å². The zero-order valence-electron chi connectivity index (χ0n) is 11.3. The van der Waals surface area contributed by atoms with Crippen LogP contribution < -0.4 is 0 Å². The third-order valence-electron chi connectivity index (χ3n) is 3.36. The number of ether oxygens (including phenoxy) is 1. The molecule has 2 heterocycles. The molecule has 0 spiro atoms. The van der Waals surface area contributed by atoms with Gasteiger partial charge in [0.2, 0.25) is 5.03 Å². The van der Waals surface area contributed by atoms with Gasteiger partial charge in [-0.05, 0) is 19.3 Å². The molecule has 1 aliphatic heterocycles. The van der Waals surface area contributed by atoms with E-state index < -0.39 is 21.0 Å². The molecule has 1 fully saturated rings. The number of hydrogen-bond donors (Lipinski definition) is 2. The van der Waals surface area contributed by atoms with Crippen LogP contribution in [0.15, 0.2) is 5.03 Å². The first-order valence-corrected chi connectivity index (χ1v) is 7.59. The first-order chi connectivity index (χ1) is 9.37. The second kappa shape index (κ2) is 5.51. The largest absolute Gasteiger partial charge is 0.478 e. The summed E-state index contributed by atoms with van der Waals surface area (Å²) >= 11 is 0. The van der Waals surface area contributed by atoms with Crippen LogP contribution in [-0.4, -0.2) is 60.8 Å². The minimum Gasteiger partial charge on any atom is -0.478 e. The number of nitrogens with one attached hydrogen (secondary N) is 1. The first kappa shape index (κ1) is 14.9. The van der Waals surface area contributed by atoms with E-state index in [9.17, 15) is 13.2 Å². The predicted molar refractivity (Wildman–Crippen MR) is 69.0 cm³/mol. The van der Waals surface area contributed by atoms with Crippen molar-refractivity contribution in [2.45, 2.75) is 18.4 Å². The zero-order valence-corrected chi connectivity index (χ0v) is 12.1. The van der Waals surface area contributed by atoms with Crippen LogP contribution in [0.4, 0.5) is 0 Å². The molecule has 1 saturated heterocycles. The molecule has 0 amide bonds. The standard InChI is InChI=1S/C11H17N3O5S/c1-7-9(11(15)16)10(13-12-7)20(17,18)14-4-3-8(5-14)6-19-2/h8H,3-6H2,1-2H3,(H,12,13)(H,15,16). The maximum atomic E-state index is 12.5. The van der Waals surface area contributed by atoms with Crippen molar-refractivity contribution >= 4 is 16.0 Å². The van der Waals surface area contributed by atoms with Crippen molar-refractivity contribution in [1.29, 1.82) is 0 Å². The highest BCUT2D eigenvalue weighted by atomic mass is 32.2. The monoisotopic (exact) mass is 303 g/mol. The summed E-state index contributed by atoms with van der Waals surface area (Å²) in [4.78, 5) is 11.2. The zero-order chi connectivity index (χ0) is 14.9. The summed E-state index contributed by atoms with van der Waals surface area (Å²) in [6, 6.07) is 0. The third kappa shape index (κ3) is 2.56. The number of methoxy groups -OCH3 is 1. The van der Waals surface area contributed by atoms with Gasteiger partial charge in [-0.2, -0.15) is 9.40 Å². The van der Waals surface area contributed by atoms with Gasteiger partial charge in [0.15, 0.2) is 0 Å². The van der Waals surface area contributed by atoms with Gasteiger partial charge in [0.05, 0.1) is 6.61 Å². The van der Waals surface area contributed by atoms with Crippen molar-refractivity contribution < 1.29 is 23.1 Å². The number of aromatic carboxylic acids is 1. The van der Waals surface area contributed by atoms with E-state index in [1.165, 1.54) is 11.2 Å². The van der Waals surface area contributed by atoms with E-state index in [1.54, 1.807) is 7.11 Å². The van der Waals surface area contributed by atoms with E-state index in [-0.39, 0.29) is 17.2 Å². The number of sulfonamides is 1. The quantitative estimate of drug-likeness (QED) is 0.796.